The van der Waals surface area contributed by atoms with Gasteiger partial charge in [0.1, 0.15) is 26.4 Å². The summed E-state index contributed by atoms with van der Waals surface area (Å²) >= 11 is 0. The second-order valence-electron chi connectivity index (χ2n) is 49.1. The Morgan fingerprint density at radius 1 is 0.302 bits per heavy atom. The third kappa shape index (κ3) is 76.4. The average Bonchev–Trinajstić information content (AvgIpc) is 0.851. The van der Waals surface area contributed by atoms with Gasteiger partial charge in [0.15, 0.2) is 5.78 Å². The number of carbonyl (C=O) groups is 7. The van der Waals surface area contributed by atoms with Gasteiger partial charge in [0.05, 0.1) is 28.9 Å². The fourth-order valence-corrected chi connectivity index (χ4v) is 12.2. The van der Waals surface area contributed by atoms with E-state index in [1.165, 1.54) is 25.7 Å². The van der Waals surface area contributed by atoms with Crippen molar-refractivity contribution in [2.75, 3.05) is 98.9 Å². The highest BCUT2D eigenvalue weighted by atomic mass is 16.5. The van der Waals surface area contributed by atoms with Crippen molar-refractivity contribution >= 4 is 41.2 Å². The van der Waals surface area contributed by atoms with Crippen molar-refractivity contribution in [3.63, 3.8) is 0 Å². The van der Waals surface area contributed by atoms with Gasteiger partial charge >= 0.3 is 0 Å². The van der Waals surface area contributed by atoms with Crippen LogP contribution in [0.3, 0.4) is 0 Å². The van der Waals surface area contributed by atoms with Crippen LogP contribution in [-0.2, 0) is 52.5 Å². The normalized spacial score (nSPS) is 15.7. The molecule has 3 aliphatic rings. The molecule has 0 spiro atoms. The van der Waals surface area contributed by atoms with Crippen LogP contribution in [0.15, 0.2) is 0 Å². The van der Waals surface area contributed by atoms with Gasteiger partial charge in [0.2, 0.25) is 35.4 Å². The quantitative estimate of drug-likeness (QED) is 0.0772. The maximum atomic E-state index is 12.3. The first kappa shape index (κ1) is 119. The minimum Gasteiger partial charge on any atom is -0.368 e. The molecule has 0 bridgehead atoms. The highest BCUT2D eigenvalue weighted by molar-refractivity contribution is 5.80. The number of hydrogen-bond acceptors (Lipinski definition) is 12. The largest absolute Gasteiger partial charge is 0.368 e. The van der Waals surface area contributed by atoms with Crippen LogP contribution >= 0.6 is 0 Å². The first-order valence-corrected chi connectivity index (χ1v) is 45.0. The lowest BCUT2D eigenvalue weighted by molar-refractivity contribution is -0.135. The van der Waals surface area contributed by atoms with E-state index in [0.29, 0.717) is 70.1 Å². The third-order valence-electron chi connectivity index (χ3n) is 20.5. The molecule has 690 valence electrons. The molecular formula is C98H197N7O11. The number of nitrogens with zero attached hydrogens (tertiary/aromatic N) is 4. The molecule has 0 unspecified atom stereocenters. The summed E-state index contributed by atoms with van der Waals surface area (Å²) in [6.45, 7) is 99.0. The summed E-state index contributed by atoms with van der Waals surface area (Å²) < 4.78 is 21.5. The van der Waals surface area contributed by atoms with E-state index in [1.807, 2.05) is 95.0 Å². The van der Waals surface area contributed by atoms with Gasteiger partial charge in [-0.1, -0.05) is 187 Å². The Balaban J connectivity index is -0.000000632. The predicted octanol–water partition coefficient (Wildman–Crippen LogP) is 22.2. The Morgan fingerprint density at radius 2 is 0.560 bits per heavy atom. The summed E-state index contributed by atoms with van der Waals surface area (Å²) in [5.74, 6) is 3.39. The fraction of sp³-hybridized carbons (Fsp3) is 0.929. The molecule has 116 heavy (non-hydrogen) atoms. The van der Waals surface area contributed by atoms with Gasteiger partial charge in [0.25, 0.3) is 0 Å². The molecule has 3 rings (SSSR count). The van der Waals surface area contributed by atoms with Gasteiger partial charge in [0, 0.05) is 83.7 Å². The van der Waals surface area contributed by atoms with Crippen LogP contribution in [0.4, 0.5) is 0 Å². The molecule has 18 nitrogen and oxygen atoms in total. The second kappa shape index (κ2) is 52.7. The van der Waals surface area contributed by atoms with Crippen molar-refractivity contribution in [1.29, 1.82) is 0 Å². The number of likely N-dealkylation sites (tertiary alicyclic amines) is 3. The molecule has 0 radical (unpaired) electrons. The van der Waals surface area contributed by atoms with E-state index in [2.05, 4.69) is 238 Å². The second-order valence-corrected chi connectivity index (χ2v) is 49.1. The zero-order chi connectivity index (χ0) is 92.0. The summed E-state index contributed by atoms with van der Waals surface area (Å²) in [6.07, 6.45) is 17.3. The van der Waals surface area contributed by atoms with Gasteiger partial charge in [-0.05, 0) is 267 Å². The van der Waals surface area contributed by atoms with E-state index in [9.17, 15) is 33.6 Å². The molecule has 3 heterocycles. The molecule has 3 saturated heterocycles. The summed E-state index contributed by atoms with van der Waals surface area (Å²) in [5, 5.41) is 8.58. The maximum absolute atomic E-state index is 12.3. The predicted molar refractivity (Wildman–Crippen MR) is 493 cm³/mol. The maximum Gasteiger partial charge on any atom is 0.246 e. The van der Waals surface area contributed by atoms with Crippen LogP contribution in [-0.4, -0.2) is 188 Å². The van der Waals surface area contributed by atoms with Crippen LogP contribution in [0.5, 0.6) is 0 Å². The Morgan fingerprint density at radius 3 is 0.819 bits per heavy atom. The van der Waals surface area contributed by atoms with E-state index in [1.54, 1.807) is 0 Å². The Labute approximate surface area is 718 Å². The van der Waals surface area contributed by atoms with Gasteiger partial charge in [-0.3, -0.25) is 38.5 Å². The molecule has 3 fully saturated rings. The molecule has 18 heteroatoms. The van der Waals surface area contributed by atoms with Crippen molar-refractivity contribution < 1.29 is 52.5 Å². The first-order chi connectivity index (χ1) is 51.6. The molecule has 0 aromatic rings. The number of likely N-dealkylation sites (N-methyl/N-ethyl adjacent to an activating group) is 1. The van der Waals surface area contributed by atoms with Gasteiger partial charge < -0.3 is 49.6 Å². The van der Waals surface area contributed by atoms with Crippen molar-refractivity contribution in [3.8, 4) is 0 Å². The van der Waals surface area contributed by atoms with Crippen LogP contribution in [0.1, 0.15) is 400 Å². The third-order valence-corrected chi connectivity index (χ3v) is 20.5. The summed E-state index contributed by atoms with van der Waals surface area (Å²) in [5.41, 5.74) is 1.89. The molecule has 0 aromatic carbocycles. The van der Waals surface area contributed by atoms with Crippen LogP contribution in [0.2, 0.25) is 0 Å². The summed E-state index contributed by atoms with van der Waals surface area (Å²) in [7, 11) is 2.03. The number of ether oxygens (including phenoxy) is 4. The minimum atomic E-state index is -0.249. The average molecular weight is 1650 g/mol. The Bertz CT molecular complexity index is 2600. The molecule has 0 saturated carbocycles. The highest BCUT2D eigenvalue weighted by Gasteiger charge is 2.35. The van der Waals surface area contributed by atoms with E-state index in [4.69, 9.17) is 18.9 Å². The van der Waals surface area contributed by atoms with Crippen LogP contribution in [0, 0.1) is 66.5 Å². The number of Topliss-reactive ketones (excluding diaryl/α,β-unsaturated/α-hetero) is 1. The number of piperidine rings is 3. The topological polar surface area (TPSA) is 205 Å². The Hall–Kier alpha value is -3.71. The standard InChI is InChI=1S/C16H32N2O.C16H31NO.C15H29NO.2C13H27NO2.C13H26O2.C12H25NO2/c1-15(2,3)13-8-10-18(11-9-13)14(19)12-17(7)16(4,5)6;1-15(2,3)10-7-14(18)17-11-8-13(9-12-17)16(4,5)6;1-14(2,3)11-13(17)16-9-7-12(8-10-16)15(4,5)6;2*1-12(2,3)8-7-9-14-11(15)10-16-13(4,5)6;1-12(2,3)9-7-8-11(14)10-15-13(4,5)6;1-11(2,3)7-8-13-10(14)9-15-12(4,5)6/h13H,8-12H2,1-7H3;13H,7-12H2,1-6H3;12H,7-11H2,1-6H3;2*7-10H2,1-6H3,(H,14,15);7-10H2,1-6H3;7-9H2,1-6H3,(H,13,14). The van der Waals surface area contributed by atoms with E-state index >= 15 is 0 Å². The first-order valence-electron chi connectivity index (χ1n) is 45.0. The van der Waals surface area contributed by atoms with E-state index < -0.39 is 0 Å². The molecule has 0 aliphatic carbocycles. The lowest BCUT2D eigenvalue weighted by Crippen LogP contribution is -2.48. The van der Waals surface area contributed by atoms with Gasteiger partial charge in [-0.2, -0.15) is 0 Å². The highest BCUT2D eigenvalue weighted by Crippen LogP contribution is 2.38. The number of ketones is 1. The van der Waals surface area contributed by atoms with E-state index in [0.717, 1.165) is 141 Å². The van der Waals surface area contributed by atoms with Crippen molar-refractivity contribution in [2.45, 2.75) is 428 Å². The van der Waals surface area contributed by atoms with Crippen LogP contribution < -0.4 is 16.0 Å². The number of hydrogen-bond donors (Lipinski definition) is 3. The molecule has 6 amide bonds. The zero-order valence-electron chi connectivity index (χ0n) is 84.9. The monoisotopic (exact) mass is 1650 g/mol. The lowest BCUT2D eigenvalue weighted by Gasteiger charge is -2.40. The van der Waals surface area contributed by atoms with Gasteiger partial charge in [-0.15, -0.1) is 0 Å². The number of rotatable bonds is 24. The summed E-state index contributed by atoms with van der Waals surface area (Å²) in [4.78, 5) is 90.4. The SMILES string of the molecule is CC(C)(C)CC(=O)N1CCC(C(C)(C)C)CC1.CC(C)(C)CCC(=O)N1CCC(C(C)(C)C)CC1.CC(C)(C)CCCC(=O)COC(C)(C)C.CC(C)(C)CCCNC(=O)COC(C)(C)C.CC(C)(C)CCCNC(=O)COC(C)(C)C.CC(C)(C)CCNC(=O)COC(C)(C)C.CN(CC(=O)N1CCC(C(C)(C)C)CC1)C(C)(C)C. The fourth-order valence-electron chi connectivity index (χ4n) is 12.2. The van der Waals surface area contributed by atoms with E-state index in [-0.39, 0.29) is 100 Å². The van der Waals surface area contributed by atoms with Crippen molar-refractivity contribution in [1.82, 2.24) is 35.6 Å². The number of nitrogens with one attached hydrogen (secondary N) is 3. The lowest BCUT2D eigenvalue weighted by atomic mass is 9.75. The van der Waals surface area contributed by atoms with Gasteiger partial charge in [-0.25, -0.2) is 0 Å². The smallest absolute Gasteiger partial charge is 0.246 e. The molecule has 3 aliphatic heterocycles. The van der Waals surface area contributed by atoms with Crippen molar-refractivity contribution in [2.24, 2.45) is 66.5 Å². The molecule has 0 aromatic heterocycles. The number of amides is 6. The number of carbonyl (C=O) groups excluding carboxylic acids is 7. The summed E-state index contributed by atoms with van der Waals surface area (Å²) in [6, 6.07) is 0. The molecule has 0 atom stereocenters. The minimum absolute atomic E-state index is 0.0242. The zero-order valence-corrected chi connectivity index (χ0v) is 84.9. The Kier molecular flexibility index (Phi) is 53.9. The van der Waals surface area contributed by atoms with Crippen LogP contribution in [0.25, 0.3) is 0 Å². The van der Waals surface area contributed by atoms with Crippen molar-refractivity contribution in [3.05, 3.63) is 0 Å². The molecule has 3 N–H and O–H groups in total. The molecular weight excluding hydrogens is 1450 g/mol.